The number of hydrogen-bond acceptors (Lipinski definition) is 2. The second kappa shape index (κ2) is 9.32. The zero-order chi connectivity index (χ0) is 20.8. The van der Waals surface area contributed by atoms with E-state index in [-0.39, 0.29) is 0 Å². The molecule has 0 spiro atoms. The van der Waals surface area contributed by atoms with Crippen LogP contribution >= 0.6 is 0 Å². The third-order valence-electron chi connectivity index (χ3n) is 5.37. The van der Waals surface area contributed by atoms with Crippen LogP contribution in [-0.4, -0.2) is 14.2 Å². The molecule has 0 N–H and O–H groups in total. The van der Waals surface area contributed by atoms with Crippen molar-refractivity contribution in [2.75, 3.05) is 14.2 Å². The second-order valence-corrected chi connectivity index (χ2v) is 7.38. The average molecular weight is 395 g/mol. The van der Waals surface area contributed by atoms with E-state index in [1.165, 1.54) is 33.4 Å². The van der Waals surface area contributed by atoms with Gasteiger partial charge >= 0.3 is 0 Å². The van der Waals surface area contributed by atoms with Gasteiger partial charge in [0.15, 0.2) is 0 Å². The Labute approximate surface area is 178 Å². The second-order valence-electron chi connectivity index (χ2n) is 7.38. The van der Waals surface area contributed by atoms with E-state index in [4.69, 9.17) is 9.47 Å². The number of rotatable bonds is 7. The minimum atomic E-state index is 0.838. The highest BCUT2D eigenvalue weighted by atomic mass is 16.5. The fourth-order valence-electron chi connectivity index (χ4n) is 3.82. The van der Waals surface area contributed by atoms with Crippen molar-refractivity contribution in [2.45, 2.75) is 12.8 Å². The van der Waals surface area contributed by atoms with Crippen molar-refractivity contribution >= 4 is 0 Å². The molecule has 4 aromatic rings. The number of methoxy groups -OCH3 is 2. The monoisotopic (exact) mass is 394 g/mol. The lowest BCUT2D eigenvalue weighted by Gasteiger charge is -2.14. The summed E-state index contributed by atoms with van der Waals surface area (Å²) in [6.45, 7) is 0. The summed E-state index contributed by atoms with van der Waals surface area (Å²) in [6.07, 6.45) is 1.68. The quantitative estimate of drug-likeness (QED) is 0.354. The van der Waals surface area contributed by atoms with Crippen molar-refractivity contribution in [1.82, 2.24) is 0 Å². The lowest BCUT2D eigenvalue weighted by molar-refractivity contribution is 0.410. The molecule has 4 rings (SSSR count). The largest absolute Gasteiger partial charge is 0.496 e. The van der Waals surface area contributed by atoms with Crippen molar-refractivity contribution < 1.29 is 9.47 Å². The fraction of sp³-hybridized carbons (Fsp3) is 0.143. The molecule has 0 aliphatic rings. The topological polar surface area (TPSA) is 18.5 Å². The van der Waals surface area contributed by atoms with E-state index >= 15 is 0 Å². The summed E-state index contributed by atoms with van der Waals surface area (Å²) in [7, 11) is 3.46. The van der Waals surface area contributed by atoms with Gasteiger partial charge in [-0.15, -0.1) is 0 Å². The van der Waals surface area contributed by atoms with Crippen molar-refractivity contribution in [3.05, 3.63) is 119 Å². The summed E-state index contributed by atoms with van der Waals surface area (Å²) in [5.41, 5.74) is 7.26. The standard InChI is InChI=1S/C28H26O2/c1-29-27-15-13-23(19-25(27)17-21-9-5-3-6-10-21)24-14-16-28(30-2)26(20-24)18-22-11-7-4-8-12-22/h3-16,19-20H,17-18H2,1-2H3. The van der Waals surface area contributed by atoms with Crippen molar-refractivity contribution in [2.24, 2.45) is 0 Å². The van der Waals surface area contributed by atoms with Crippen molar-refractivity contribution in [3.63, 3.8) is 0 Å². The summed E-state index contributed by atoms with van der Waals surface area (Å²) in [4.78, 5) is 0. The first-order valence-electron chi connectivity index (χ1n) is 10.2. The highest BCUT2D eigenvalue weighted by Gasteiger charge is 2.10. The molecule has 2 heteroatoms. The molecule has 2 nitrogen and oxygen atoms in total. The van der Waals surface area contributed by atoms with Crippen molar-refractivity contribution in [1.29, 1.82) is 0 Å². The molecule has 0 amide bonds. The van der Waals surface area contributed by atoms with Crippen LogP contribution in [0.4, 0.5) is 0 Å². The molecule has 4 aromatic carbocycles. The van der Waals surface area contributed by atoms with Crippen molar-refractivity contribution in [3.8, 4) is 22.6 Å². The van der Waals surface area contributed by atoms with Gasteiger partial charge in [-0.25, -0.2) is 0 Å². The lowest BCUT2D eigenvalue weighted by atomic mass is 9.95. The highest BCUT2D eigenvalue weighted by Crippen LogP contribution is 2.32. The summed E-state index contributed by atoms with van der Waals surface area (Å²) in [6, 6.07) is 33.8. The smallest absolute Gasteiger partial charge is 0.122 e. The first kappa shape index (κ1) is 19.8. The Balaban J connectivity index is 1.69. The molecule has 0 radical (unpaired) electrons. The third kappa shape index (κ3) is 4.55. The van der Waals surface area contributed by atoms with Gasteiger partial charge in [-0.2, -0.15) is 0 Å². The molecule has 0 aliphatic heterocycles. The summed E-state index contributed by atoms with van der Waals surface area (Å²) in [5, 5.41) is 0. The Morgan fingerprint density at radius 3 is 1.27 bits per heavy atom. The first-order chi connectivity index (χ1) is 14.8. The van der Waals surface area contributed by atoms with E-state index in [2.05, 4.69) is 84.9 Å². The Kier molecular flexibility index (Phi) is 6.14. The summed E-state index contributed by atoms with van der Waals surface area (Å²) >= 11 is 0. The molecule has 0 fully saturated rings. The van der Waals surface area contributed by atoms with Gasteiger partial charge in [0.1, 0.15) is 11.5 Å². The van der Waals surface area contributed by atoms with Crippen LogP contribution < -0.4 is 9.47 Å². The molecule has 0 aromatic heterocycles. The van der Waals surface area contributed by atoms with Crippen LogP contribution in [0.15, 0.2) is 97.1 Å². The van der Waals surface area contributed by atoms with Gasteiger partial charge in [-0.1, -0.05) is 72.8 Å². The lowest BCUT2D eigenvalue weighted by Crippen LogP contribution is -1.96. The predicted molar refractivity (Wildman–Crippen MR) is 123 cm³/mol. The van der Waals surface area contributed by atoms with Gasteiger partial charge < -0.3 is 9.47 Å². The zero-order valence-corrected chi connectivity index (χ0v) is 17.5. The average Bonchev–Trinajstić information content (AvgIpc) is 2.80. The van der Waals surface area contributed by atoms with E-state index in [9.17, 15) is 0 Å². The van der Waals surface area contributed by atoms with Crippen LogP contribution in [0, 0.1) is 0 Å². The molecule has 0 aliphatic carbocycles. The van der Waals surface area contributed by atoms with E-state index in [0.29, 0.717) is 0 Å². The Morgan fingerprint density at radius 1 is 0.500 bits per heavy atom. The molecule has 0 atom stereocenters. The van der Waals surface area contributed by atoms with Crippen LogP contribution in [-0.2, 0) is 12.8 Å². The molecule has 150 valence electrons. The van der Waals surface area contributed by atoms with E-state index < -0.39 is 0 Å². The number of hydrogen-bond donors (Lipinski definition) is 0. The number of ether oxygens (including phenoxy) is 2. The van der Waals surface area contributed by atoms with Gasteiger partial charge in [0.2, 0.25) is 0 Å². The molecule has 0 bridgehead atoms. The van der Waals surface area contributed by atoms with Gasteiger partial charge in [0.05, 0.1) is 14.2 Å². The van der Waals surface area contributed by atoms with Crippen LogP contribution in [0.1, 0.15) is 22.3 Å². The molecule has 0 unspecified atom stereocenters. The van der Waals surface area contributed by atoms with Gasteiger partial charge in [0, 0.05) is 12.8 Å². The van der Waals surface area contributed by atoms with E-state index in [1.54, 1.807) is 14.2 Å². The Hall–Kier alpha value is -3.52. The molecule has 0 heterocycles. The van der Waals surface area contributed by atoms with Crippen LogP contribution in [0.25, 0.3) is 11.1 Å². The van der Waals surface area contributed by atoms with Gasteiger partial charge in [-0.05, 0) is 57.6 Å². The first-order valence-corrected chi connectivity index (χ1v) is 10.2. The molecular weight excluding hydrogens is 368 g/mol. The maximum absolute atomic E-state index is 5.63. The van der Waals surface area contributed by atoms with Crippen LogP contribution in [0.5, 0.6) is 11.5 Å². The number of benzene rings is 4. The fourth-order valence-corrected chi connectivity index (χ4v) is 3.82. The van der Waals surface area contributed by atoms with Crippen LogP contribution in [0.2, 0.25) is 0 Å². The molecule has 30 heavy (non-hydrogen) atoms. The van der Waals surface area contributed by atoms with E-state index in [1.807, 2.05) is 12.1 Å². The van der Waals surface area contributed by atoms with E-state index in [0.717, 1.165) is 24.3 Å². The molecular formula is C28H26O2. The highest BCUT2D eigenvalue weighted by molar-refractivity contribution is 5.68. The Morgan fingerprint density at radius 2 is 0.900 bits per heavy atom. The van der Waals surface area contributed by atoms with Crippen LogP contribution in [0.3, 0.4) is 0 Å². The predicted octanol–water partition coefficient (Wildman–Crippen LogP) is 6.55. The third-order valence-corrected chi connectivity index (χ3v) is 5.37. The minimum absolute atomic E-state index is 0.838. The molecule has 0 saturated carbocycles. The maximum atomic E-state index is 5.63. The maximum Gasteiger partial charge on any atom is 0.122 e. The normalized spacial score (nSPS) is 10.6. The van der Waals surface area contributed by atoms with Gasteiger partial charge in [-0.3, -0.25) is 0 Å². The minimum Gasteiger partial charge on any atom is -0.496 e. The Bertz CT molecular complexity index is 1010. The summed E-state index contributed by atoms with van der Waals surface area (Å²) in [5.74, 6) is 1.83. The SMILES string of the molecule is COc1ccc(-c2ccc(OC)c(Cc3ccccc3)c2)cc1Cc1ccccc1. The zero-order valence-electron chi connectivity index (χ0n) is 17.5. The van der Waals surface area contributed by atoms with Gasteiger partial charge in [0.25, 0.3) is 0 Å². The molecule has 0 saturated heterocycles. The summed E-state index contributed by atoms with van der Waals surface area (Å²) < 4.78 is 11.3.